The Kier molecular flexibility index (Phi) is 3.05. The predicted octanol–water partition coefficient (Wildman–Crippen LogP) is 0.267. The Hall–Kier alpha value is -0.388. The molecule has 0 spiro atoms. The molecule has 0 saturated heterocycles. The van der Waals surface area contributed by atoms with Crippen molar-refractivity contribution in [3.63, 3.8) is 0 Å². The van der Waals surface area contributed by atoms with Crippen LogP contribution in [0.4, 0.5) is 0 Å². The minimum absolute atomic E-state index is 0.269. The molecule has 0 aliphatic rings. The van der Waals surface area contributed by atoms with Gasteiger partial charge in [0.05, 0.1) is 0 Å². The molecule has 1 aromatic rings. The van der Waals surface area contributed by atoms with Crippen molar-refractivity contribution in [3.05, 3.63) is 29.8 Å². The molecule has 3 heteroatoms. The number of hydrogen-bond donors (Lipinski definition) is 0. The molecule has 0 aliphatic carbocycles. The van der Waals surface area contributed by atoms with Crippen molar-refractivity contribution in [2.24, 2.45) is 0 Å². The van der Waals surface area contributed by atoms with Crippen LogP contribution in [-0.2, 0) is 4.74 Å². The van der Waals surface area contributed by atoms with Crippen LogP contribution in [0.5, 0.6) is 0 Å². The van der Waals surface area contributed by atoms with E-state index in [2.05, 4.69) is 4.74 Å². The molecule has 0 radical (unpaired) electrons. The third kappa shape index (κ3) is 2.29. The summed E-state index contributed by atoms with van der Waals surface area (Å²) in [5.74, 6) is -0.269. The summed E-state index contributed by atoms with van der Waals surface area (Å²) in [5, 5.41) is 0. The first-order chi connectivity index (χ1) is 5.24. The van der Waals surface area contributed by atoms with E-state index in [0.29, 0.717) is 5.56 Å². The van der Waals surface area contributed by atoms with Gasteiger partial charge in [0.25, 0.3) is 0 Å². The molecule has 1 aromatic carbocycles. The number of methoxy groups -OCH3 is 1. The van der Waals surface area contributed by atoms with Crippen molar-refractivity contribution in [3.8, 4) is 0 Å². The Morgan fingerprint density at radius 1 is 1.36 bits per heavy atom. The van der Waals surface area contributed by atoms with E-state index in [-0.39, 0.29) is 5.97 Å². The van der Waals surface area contributed by atoms with Gasteiger partial charge >= 0.3 is 81.3 Å². The number of carbonyl (C=O) groups excluding carboxylic acids is 1. The number of carbonyl (C=O) groups is 1. The number of ether oxygens (including phenoxy) is 1. The minimum atomic E-state index is -0.269. The van der Waals surface area contributed by atoms with E-state index in [1.807, 2.05) is 12.1 Å². The van der Waals surface area contributed by atoms with Gasteiger partial charge in [-0.05, 0) is 0 Å². The van der Waals surface area contributed by atoms with E-state index in [4.69, 9.17) is 0 Å². The Bertz CT molecular complexity index is 253. The second-order valence-corrected chi connectivity index (χ2v) is 4.71. The molecule has 0 fully saturated rings. The molecule has 0 amide bonds. The molecule has 0 heterocycles. The van der Waals surface area contributed by atoms with Gasteiger partial charge in [-0.3, -0.25) is 0 Å². The van der Waals surface area contributed by atoms with Crippen molar-refractivity contribution in [1.29, 1.82) is 0 Å². The molecule has 0 saturated carbocycles. The zero-order chi connectivity index (χ0) is 8.27. The van der Waals surface area contributed by atoms with Crippen LogP contribution in [0.2, 0.25) is 0 Å². The van der Waals surface area contributed by atoms with Gasteiger partial charge in [0, 0.05) is 0 Å². The fraction of sp³-hybridized carbons (Fsp3) is 0.125. The molecule has 0 aromatic heterocycles. The number of benzene rings is 1. The van der Waals surface area contributed by atoms with Crippen LogP contribution < -0.4 is 3.12 Å². The second-order valence-electron chi connectivity index (χ2n) is 2.11. The van der Waals surface area contributed by atoms with Gasteiger partial charge in [0.15, 0.2) is 0 Å². The van der Waals surface area contributed by atoms with Crippen molar-refractivity contribution in [2.75, 3.05) is 7.11 Å². The van der Waals surface area contributed by atoms with Gasteiger partial charge in [0.1, 0.15) is 0 Å². The van der Waals surface area contributed by atoms with Crippen LogP contribution in [0.25, 0.3) is 0 Å². The average Bonchev–Trinajstić information content (AvgIpc) is 2.05. The monoisotopic (exact) mass is 340 g/mol. The van der Waals surface area contributed by atoms with Crippen LogP contribution >= 0.6 is 0 Å². The quantitative estimate of drug-likeness (QED) is 0.542. The number of esters is 1. The topological polar surface area (TPSA) is 26.3 Å². The molecule has 0 aliphatic heterocycles. The molecular weight excluding hydrogens is 332 g/mol. The van der Waals surface area contributed by atoms with E-state index in [0.717, 1.165) is 25.8 Å². The summed E-state index contributed by atoms with van der Waals surface area (Å²) >= 11 is 0.826. The number of hydrogen-bond acceptors (Lipinski definition) is 2. The molecule has 2 nitrogen and oxygen atoms in total. The summed E-state index contributed by atoms with van der Waals surface area (Å²) in [6.45, 7) is 0. The van der Waals surface area contributed by atoms with Crippen LogP contribution in [0, 0.1) is 0 Å². The van der Waals surface area contributed by atoms with E-state index < -0.39 is 0 Å². The molecule has 0 unspecified atom stereocenters. The van der Waals surface area contributed by atoms with Gasteiger partial charge in [0.2, 0.25) is 0 Å². The predicted molar refractivity (Wildman–Crippen MR) is 43.2 cm³/mol. The van der Waals surface area contributed by atoms with Crippen molar-refractivity contribution in [1.82, 2.24) is 0 Å². The van der Waals surface area contributed by atoms with Crippen LogP contribution in [0.1, 0.15) is 10.4 Å². The van der Waals surface area contributed by atoms with Gasteiger partial charge < -0.3 is 0 Å². The van der Waals surface area contributed by atoms with Gasteiger partial charge in [-0.1, -0.05) is 0 Å². The van der Waals surface area contributed by atoms with Gasteiger partial charge in [-0.25, -0.2) is 0 Å². The van der Waals surface area contributed by atoms with Crippen molar-refractivity contribution in [2.45, 2.75) is 0 Å². The molecule has 1 rings (SSSR count). The third-order valence-electron chi connectivity index (χ3n) is 1.33. The molecule has 0 N–H and O–H groups in total. The standard InChI is InChI=1S/C8H7O2.Tl/c1-10-8(9)7-5-3-2-4-6-7;/h3-6H,1H3;. The Balaban J connectivity index is 2.90. The van der Waals surface area contributed by atoms with Gasteiger partial charge in [-0.2, -0.15) is 0 Å². The molecule has 0 atom stereocenters. The molecule has 11 heavy (non-hydrogen) atoms. The Morgan fingerprint density at radius 3 is 2.36 bits per heavy atom. The summed E-state index contributed by atoms with van der Waals surface area (Å²) in [5.41, 5.74) is 0.622. The van der Waals surface area contributed by atoms with Crippen LogP contribution in [0.15, 0.2) is 24.3 Å². The maximum absolute atomic E-state index is 10.9. The normalized spacial score (nSPS) is 9.09. The average molecular weight is 340 g/mol. The summed E-state index contributed by atoms with van der Waals surface area (Å²) in [7, 11) is 1.39. The van der Waals surface area contributed by atoms with E-state index in [1.54, 1.807) is 12.1 Å². The Morgan fingerprint density at radius 2 is 1.91 bits per heavy atom. The molecule has 54 valence electrons. The van der Waals surface area contributed by atoms with E-state index in [9.17, 15) is 4.79 Å². The summed E-state index contributed by atoms with van der Waals surface area (Å²) in [4.78, 5) is 10.9. The fourth-order valence-corrected chi connectivity index (χ4v) is 1.49. The first-order valence-corrected chi connectivity index (χ1v) is 5.42. The SMILES string of the molecule is COC(=O)c1cc[c]([Tl])cc1. The number of rotatable bonds is 1. The van der Waals surface area contributed by atoms with E-state index >= 15 is 0 Å². The molecule has 0 bridgehead atoms. The third-order valence-corrected chi connectivity index (χ3v) is 2.83. The summed E-state index contributed by atoms with van der Waals surface area (Å²) in [6, 6.07) is 7.50. The van der Waals surface area contributed by atoms with E-state index in [1.165, 1.54) is 10.2 Å². The van der Waals surface area contributed by atoms with Crippen LogP contribution in [0.3, 0.4) is 0 Å². The van der Waals surface area contributed by atoms with Crippen molar-refractivity contribution < 1.29 is 9.53 Å². The van der Waals surface area contributed by atoms with Gasteiger partial charge in [-0.15, -0.1) is 0 Å². The van der Waals surface area contributed by atoms with Crippen LogP contribution in [-0.4, -0.2) is 38.8 Å². The first-order valence-electron chi connectivity index (χ1n) is 3.18. The Labute approximate surface area is 81.2 Å². The van der Waals surface area contributed by atoms with Crippen molar-refractivity contribution >= 4 is 34.9 Å². The fourth-order valence-electron chi connectivity index (χ4n) is 0.737. The zero-order valence-corrected chi connectivity index (χ0v) is 10.7. The summed E-state index contributed by atoms with van der Waals surface area (Å²) in [6.07, 6.45) is 0. The second kappa shape index (κ2) is 3.85. The molecular formula is C8H7O2Tl. The summed E-state index contributed by atoms with van der Waals surface area (Å²) < 4.78 is 5.85. The zero-order valence-electron chi connectivity index (χ0n) is 6.20. The first kappa shape index (κ1) is 8.71. The maximum atomic E-state index is 10.9.